The van der Waals surface area contributed by atoms with Gasteiger partial charge in [-0.25, -0.2) is 9.03 Å². The summed E-state index contributed by atoms with van der Waals surface area (Å²) in [6.07, 6.45) is 0.576. The lowest BCUT2D eigenvalue weighted by Crippen LogP contribution is -2.29. The monoisotopic (exact) mass is 375 g/mol. The van der Waals surface area contributed by atoms with Crippen LogP contribution >= 0.6 is 0 Å². The average molecular weight is 375 g/mol. The molecule has 1 heterocycles. The molecule has 0 unspecified atom stereocenters. The second-order valence-electron chi connectivity index (χ2n) is 5.77. The Balaban J connectivity index is 1.65. The molecule has 3 N–H and O–H groups in total. The van der Waals surface area contributed by atoms with E-state index in [1.165, 1.54) is 12.1 Å². The summed E-state index contributed by atoms with van der Waals surface area (Å²) in [7, 11) is -3.98. The van der Waals surface area contributed by atoms with Crippen LogP contribution in [0.25, 0.3) is 0 Å². The van der Waals surface area contributed by atoms with Crippen LogP contribution in [0.5, 0.6) is 5.75 Å². The minimum atomic E-state index is -3.98. The minimum absolute atomic E-state index is 0.0147. The van der Waals surface area contributed by atoms with E-state index in [4.69, 9.17) is 0 Å². The molecule has 1 fully saturated rings. The molecule has 0 atom stereocenters. The van der Waals surface area contributed by atoms with Crippen LogP contribution in [-0.4, -0.2) is 31.9 Å². The third kappa shape index (κ3) is 3.94. The van der Waals surface area contributed by atoms with Crippen molar-refractivity contribution in [3.63, 3.8) is 0 Å². The van der Waals surface area contributed by atoms with Gasteiger partial charge in [0.1, 0.15) is 12.3 Å². The molecule has 8 nitrogen and oxygen atoms in total. The highest BCUT2D eigenvalue weighted by Crippen LogP contribution is 2.31. The number of aryl methyl sites for hydroxylation is 1. The van der Waals surface area contributed by atoms with Gasteiger partial charge in [-0.15, -0.1) is 0 Å². The first-order valence-electron chi connectivity index (χ1n) is 7.85. The fourth-order valence-corrected chi connectivity index (χ4v) is 3.76. The Hall–Kier alpha value is -3.07. The van der Waals surface area contributed by atoms with Gasteiger partial charge in [0.05, 0.1) is 5.69 Å². The molecule has 0 spiro atoms. The molecular formula is C17H17N3O5S. The van der Waals surface area contributed by atoms with E-state index >= 15 is 0 Å². The number of hydrogen-bond acceptors (Lipinski definition) is 5. The maximum atomic E-state index is 12.0. The predicted octanol–water partition coefficient (Wildman–Crippen LogP) is 1.14. The SMILES string of the molecule is O=C(CCc1ccc(N2CC(=O)NS2(=O)=O)c(O)c1)Nc1ccccc1. The molecule has 2 amide bonds. The lowest BCUT2D eigenvalue weighted by atomic mass is 10.1. The summed E-state index contributed by atoms with van der Waals surface area (Å²) >= 11 is 0. The number of phenolic OH excluding ortho intramolecular Hbond substituents is 1. The van der Waals surface area contributed by atoms with E-state index in [0.29, 0.717) is 17.7 Å². The van der Waals surface area contributed by atoms with Gasteiger partial charge in [-0.05, 0) is 36.2 Å². The fraction of sp³-hybridized carbons (Fsp3) is 0.176. The maximum absolute atomic E-state index is 12.0. The van der Waals surface area contributed by atoms with E-state index in [2.05, 4.69) is 5.32 Å². The normalized spacial score (nSPS) is 15.5. The zero-order chi connectivity index (χ0) is 18.7. The molecule has 1 aliphatic rings. The smallest absolute Gasteiger partial charge is 0.326 e. The topological polar surface area (TPSA) is 116 Å². The van der Waals surface area contributed by atoms with Crippen molar-refractivity contribution in [2.45, 2.75) is 12.8 Å². The van der Waals surface area contributed by atoms with Gasteiger partial charge in [0.2, 0.25) is 5.91 Å². The van der Waals surface area contributed by atoms with Crippen molar-refractivity contribution in [2.24, 2.45) is 0 Å². The summed E-state index contributed by atoms with van der Waals surface area (Å²) in [6.45, 7) is -0.380. The molecule has 0 radical (unpaired) electrons. The highest BCUT2D eigenvalue weighted by atomic mass is 32.2. The number of nitrogens with one attached hydrogen (secondary N) is 2. The molecule has 1 saturated heterocycles. The summed E-state index contributed by atoms with van der Waals surface area (Å²) in [4.78, 5) is 23.3. The highest BCUT2D eigenvalue weighted by molar-refractivity contribution is 7.92. The van der Waals surface area contributed by atoms with Gasteiger partial charge < -0.3 is 10.4 Å². The molecule has 3 rings (SSSR count). The van der Waals surface area contributed by atoms with Crippen molar-refractivity contribution < 1.29 is 23.1 Å². The Bertz CT molecular complexity index is 944. The molecule has 0 aromatic heterocycles. The number of aromatic hydroxyl groups is 1. The molecule has 9 heteroatoms. The molecule has 2 aromatic rings. The van der Waals surface area contributed by atoms with Crippen LogP contribution < -0.4 is 14.3 Å². The van der Waals surface area contributed by atoms with E-state index in [-0.39, 0.29) is 30.3 Å². The van der Waals surface area contributed by atoms with Gasteiger partial charge in [0.25, 0.3) is 5.91 Å². The number of hydrogen-bond donors (Lipinski definition) is 3. The molecule has 1 aliphatic heterocycles. The Morgan fingerprint density at radius 2 is 1.92 bits per heavy atom. The Kier molecular flexibility index (Phi) is 4.81. The summed E-state index contributed by atoms with van der Waals surface area (Å²) in [5.74, 6) is -1.10. The van der Waals surface area contributed by atoms with Crippen molar-refractivity contribution >= 4 is 33.4 Å². The number of para-hydroxylation sites is 1. The zero-order valence-corrected chi connectivity index (χ0v) is 14.5. The van der Waals surface area contributed by atoms with Crippen molar-refractivity contribution in [3.05, 3.63) is 54.1 Å². The van der Waals surface area contributed by atoms with E-state index in [1.807, 2.05) is 22.9 Å². The number of rotatable bonds is 5. The van der Waals surface area contributed by atoms with E-state index < -0.39 is 16.1 Å². The number of amides is 2. The number of phenols is 1. The lowest BCUT2D eigenvalue weighted by Gasteiger charge is -2.16. The molecule has 136 valence electrons. The first-order valence-corrected chi connectivity index (χ1v) is 9.29. The molecule has 2 aromatic carbocycles. The average Bonchev–Trinajstić information content (AvgIpc) is 2.86. The molecule has 0 saturated carbocycles. The molecule has 26 heavy (non-hydrogen) atoms. The Labute approximate surface area is 150 Å². The number of carbonyl (C=O) groups excluding carboxylic acids is 2. The third-order valence-electron chi connectivity index (χ3n) is 3.83. The highest BCUT2D eigenvalue weighted by Gasteiger charge is 2.35. The second kappa shape index (κ2) is 7.04. The van der Waals surface area contributed by atoms with Gasteiger partial charge in [0.15, 0.2) is 0 Å². The summed E-state index contributed by atoms with van der Waals surface area (Å²) in [6, 6.07) is 13.5. The Morgan fingerprint density at radius 3 is 2.54 bits per heavy atom. The summed E-state index contributed by atoms with van der Waals surface area (Å²) in [5.41, 5.74) is 1.39. The van der Waals surface area contributed by atoms with Crippen LogP contribution in [0.3, 0.4) is 0 Å². The predicted molar refractivity (Wildman–Crippen MR) is 95.9 cm³/mol. The summed E-state index contributed by atoms with van der Waals surface area (Å²) < 4.78 is 26.3. The van der Waals surface area contributed by atoms with E-state index in [9.17, 15) is 23.1 Å². The van der Waals surface area contributed by atoms with E-state index in [0.717, 1.165) is 4.31 Å². The van der Waals surface area contributed by atoms with Crippen LogP contribution in [0.4, 0.5) is 11.4 Å². The first kappa shape index (κ1) is 17.7. The van der Waals surface area contributed by atoms with E-state index in [1.54, 1.807) is 18.2 Å². The van der Waals surface area contributed by atoms with Gasteiger partial charge in [-0.2, -0.15) is 8.42 Å². The van der Waals surface area contributed by atoms with Crippen LogP contribution in [0.1, 0.15) is 12.0 Å². The van der Waals surface area contributed by atoms with Crippen molar-refractivity contribution in [3.8, 4) is 5.75 Å². The summed E-state index contributed by atoms with van der Waals surface area (Å²) in [5, 5.41) is 12.9. The second-order valence-corrected chi connectivity index (χ2v) is 7.37. The van der Waals surface area contributed by atoms with Crippen LogP contribution in [0, 0.1) is 0 Å². The van der Waals surface area contributed by atoms with Crippen LogP contribution in [-0.2, 0) is 26.2 Å². The van der Waals surface area contributed by atoms with Gasteiger partial charge in [-0.1, -0.05) is 24.3 Å². The third-order valence-corrected chi connectivity index (χ3v) is 5.22. The standard InChI is InChI=1S/C17H17N3O5S/c21-15-10-12(7-9-16(22)18-13-4-2-1-3-5-13)6-8-14(15)20-11-17(23)19-26(20,24)25/h1-6,8,10,21H,7,9,11H2,(H,18,22)(H,19,23). The quantitative estimate of drug-likeness (QED) is 0.725. The van der Waals surface area contributed by atoms with Crippen molar-refractivity contribution in [1.82, 2.24) is 4.72 Å². The molecular weight excluding hydrogens is 358 g/mol. The van der Waals surface area contributed by atoms with Crippen LogP contribution in [0.15, 0.2) is 48.5 Å². The number of benzene rings is 2. The first-order chi connectivity index (χ1) is 12.3. The number of anilines is 2. The largest absolute Gasteiger partial charge is 0.506 e. The maximum Gasteiger partial charge on any atom is 0.326 e. The minimum Gasteiger partial charge on any atom is -0.506 e. The molecule has 0 aliphatic carbocycles. The van der Waals surface area contributed by atoms with Crippen molar-refractivity contribution in [2.75, 3.05) is 16.2 Å². The Morgan fingerprint density at radius 1 is 1.19 bits per heavy atom. The van der Waals surface area contributed by atoms with Gasteiger partial charge >= 0.3 is 10.2 Å². The fourth-order valence-electron chi connectivity index (χ4n) is 2.60. The van der Waals surface area contributed by atoms with Crippen molar-refractivity contribution in [1.29, 1.82) is 0 Å². The van der Waals surface area contributed by atoms with Gasteiger partial charge in [-0.3, -0.25) is 9.59 Å². The lowest BCUT2D eigenvalue weighted by molar-refractivity contribution is -0.117. The molecule has 0 bridgehead atoms. The number of carbonyl (C=O) groups is 2. The number of nitrogens with zero attached hydrogens (tertiary/aromatic N) is 1. The van der Waals surface area contributed by atoms with Crippen LogP contribution in [0.2, 0.25) is 0 Å². The van der Waals surface area contributed by atoms with Gasteiger partial charge in [0, 0.05) is 12.1 Å². The zero-order valence-electron chi connectivity index (χ0n) is 13.7.